The van der Waals surface area contributed by atoms with Crippen LogP contribution in [-0.4, -0.2) is 28.2 Å². The maximum absolute atomic E-state index is 13.2. The van der Waals surface area contributed by atoms with E-state index in [4.69, 9.17) is 4.52 Å². The Balaban J connectivity index is 1.53. The zero-order valence-electron chi connectivity index (χ0n) is 11.9. The van der Waals surface area contributed by atoms with Gasteiger partial charge < -0.3 is 9.42 Å². The maximum atomic E-state index is 13.2. The minimum atomic E-state index is -0.298. The molecule has 0 atom stereocenters. The Morgan fingerprint density at radius 1 is 1.18 bits per heavy atom. The summed E-state index contributed by atoms with van der Waals surface area (Å²) in [4.78, 5) is 10.7. The summed E-state index contributed by atoms with van der Waals surface area (Å²) in [5.41, 5.74) is 1.46. The summed E-state index contributed by atoms with van der Waals surface area (Å²) in [6.45, 7) is 1.80. The number of fused-ring (bicyclic) bond motifs is 1. The third kappa shape index (κ3) is 2.30. The van der Waals surface area contributed by atoms with Crippen LogP contribution in [0.3, 0.4) is 0 Å². The van der Waals surface area contributed by atoms with Gasteiger partial charge in [0.2, 0.25) is 0 Å². The van der Waals surface area contributed by atoms with Crippen LogP contribution in [0.2, 0.25) is 0 Å². The summed E-state index contributed by atoms with van der Waals surface area (Å²) in [6.07, 6.45) is 7.11. The molecule has 5 nitrogen and oxygen atoms in total. The van der Waals surface area contributed by atoms with Crippen LogP contribution in [0.5, 0.6) is 0 Å². The molecular formula is C16H15FN4O. The van der Waals surface area contributed by atoms with Crippen LogP contribution in [0, 0.1) is 5.82 Å². The highest BCUT2D eigenvalue weighted by Crippen LogP contribution is 2.33. The van der Waals surface area contributed by atoms with Gasteiger partial charge in [0.15, 0.2) is 5.58 Å². The van der Waals surface area contributed by atoms with E-state index in [2.05, 4.69) is 20.0 Å². The van der Waals surface area contributed by atoms with E-state index >= 15 is 0 Å². The second kappa shape index (κ2) is 5.36. The molecule has 22 heavy (non-hydrogen) atoms. The van der Waals surface area contributed by atoms with Gasteiger partial charge in [0.05, 0.1) is 11.9 Å². The number of benzene rings is 1. The topological polar surface area (TPSA) is 55.1 Å². The van der Waals surface area contributed by atoms with E-state index in [9.17, 15) is 4.39 Å². The monoisotopic (exact) mass is 298 g/mol. The number of halogens is 1. The summed E-state index contributed by atoms with van der Waals surface area (Å²) < 4.78 is 18.5. The van der Waals surface area contributed by atoms with Gasteiger partial charge >= 0.3 is 0 Å². The minimum Gasteiger partial charge on any atom is -0.356 e. The lowest BCUT2D eigenvalue weighted by Crippen LogP contribution is -2.33. The second-order valence-corrected chi connectivity index (χ2v) is 5.53. The Morgan fingerprint density at radius 2 is 2.05 bits per heavy atom. The molecule has 112 valence electrons. The third-order valence-electron chi connectivity index (χ3n) is 4.22. The molecule has 0 saturated carbocycles. The lowest BCUT2D eigenvalue weighted by molar-refractivity contribution is 0.416. The van der Waals surface area contributed by atoms with Crippen molar-refractivity contribution < 1.29 is 8.91 Å². The normalized spacial score (nSPS) is 16.3. The van der Waals surface area contributed by atoms with Crippen LogP contribution in [0.1, 0.15) is 24.5 Å². The molecule has 1 aliphatic rings. The lowest BCUT2D eigenvalue weighted by Gasteiger charge is -2.31. The molecule has 1 aromatic carbocycles. The Kier molecular flexibility index (Phi) is 3.21. The first-order chi connectivity index (χ1) is 10.8. The minimum absolute atomic E-state index is 0.298. The van der Waals surface area contributed by atoms with E-state index < -0.39 is 0 Å². The second-order valence-electron chi connectivity index (χ2n) is 5.53. The fourth-order valence-corrected chi connectivity index (χ4v) is 3.06. The molecule has 6 heteroatoms. The molecule has 4 rings (SSSR count). The smallest absolute Gasteiger partial charge is 0.170 e. The molecule has 0 amide bonds. The Hall–Kier alpha value is -2.50. The number of hydrogen-bond acceptors (Lipinski definition) is 5. The van der Waals surface area contributed by atoms with Crippen molar-refractivity contribution in [1.82, 2.24) is 15.1 Å². The average molecular weight is 298 g/mol. The van der Waals surface area contributed by atoms with Crippen molar-refractivity contribution >= 4 is 16.8 Å². The van der Waals surface area contributed by atoms with Gasteiger partial charge in [0, 0.05) is 42.9 Å². The van der Waals surface area contributed by atoms with Gasteiger partial charge in [-0.15, -0.1) is 0 Å². The van der Waals surface area contributed by atoms with Crippen molar-refractivity contribution in [2.75, 3.05) is 18.0 Å². The highest BCUT2D eigenvalue weighted by Gasteiger charge is 2.25. The lowest BCUT2D eigenvalue weighted by atomic mass is 9.91. The van der Waals surface area contributed by atoms with E-state index in [0.717, 1.165) is 42.8 Å². The van der Waals surface area contributed by atoms with E-state index in [1.807, 2.05) is 0 Å². The summed E-state index contributed by atoms with van der Waals surface area (Å²) >= 11 is 0. The van der Waals surface area contributed by atoms with Gasteiger partial charge in [0.25, 0.3) is 0 Å². The summed E-state index contributed by atoms with van der Waals surface area (Å²) in [7, 11) is 0. The van der Waals surface area contributed by atoms with Gasteiger partial charge in [-0.3, -0.25) is 4.98 Å². The number of aromatic nitrogens is 3. The molecule has 0 spiro atoms. The van der Waals surface area contributed by atoms with Crippen molar-refractivity contribution in [3.8, 4) is 0 Å². The SMILES string of the molecule is Fc1ccc2c(C3CCN(c4cnccn4)CC3)noc2c1. The van der Waals surface area contributed by atoms with Gasteiger partial charge in [-0.1, -0.05) is 5.16 Å². The Morgan fingerprint density at radius 3 is 2.82 bits per heavy atom. The van der Waals surface area contributed by atoms with Gasteiger partial charge in [-0.25, -0.2) is 9.37 Å². The predicted octanol–water partition coefficient (Wildman–Crippen LogP) is 3.14. The van der Waals surface area contributed by atoms with Crippen LogP contribution in [-0.2, 0) is 0 Å². The van der Waals surface area contributed by atoms with Gasteiger partial charge in [-0.05, 0) is 25.0 Å². The van der Waals surface area contributed by atoms with Gasteiger partial charge in [-0.2, -0.15) is 0 Å². The van der Waals surface area contributed by atoms with E-state index in [-0.39, 0.29) is 5.82 Å². The van der Waals surface area contributed by atoms with E-state index in [1.54, 1.807) is 24.7 Å². The maximum Gasteiger partial charge on any atom is 0.170 e. The Labute approximate surface area is 126 Å². The quantitative estimate of drug-likeness (QED) is 0.727. The van der Waals surface area contributed by atoms with E-state index in [0.29, 0.717) is 11.5 Å². The van der Waals surface area contributed by atoms with Crippen LogP contribution in [0.15, 0.2) is 41.3 Å². The molecule has 0 bridgehead atoms. The number of nitrogens with zero attached hydrogens (tertiary/aromatic N) is 4. The van der Waals surface area contributed by atoms with Crippen molar-refractivity contribution in [3.63, 3.8) is 0 Å². The van der Waals surface area contributed by atoms with Crippen LogP contribution in [0.4, 0.5) is 10.2 Å². The Bertz CT molecular complexity index is 781. The summed E-state index contributed by atoms with van der Waals surface area (Å²) in [6, 6.07) is 4.60. The fraction of sp³-hybridized carbons (Fsp3) is 0.312. The molecule has 1 saturated heterocycles. The first-order valence-electron chi connectivity index (χ1n) is 7.37. The predicted molar refractivity (Wildman–Crippen MR) is 80.2 cm³/mol. The van der Waals surface area contributed by atoms with Crippen molar-refractivity contribution in [3.05, 3.63) is 48.3 Å². The number of hydrogen-bond donors (Lipinski definition) is 0. The first-order valence-corrected chi connectivity index (χ1v) is 7.37. The number of anilines is 1. The number of piperidine rings is 1. The average Bonchev–Trinajstić information content (AvgIpc) is 2.99. The third-order valence-corrected chi connectivity index (χ3v) is 4.22. The van der Waals surface area contributed by atoms with Crippen molar-refractivity contribution in [1.29, 1.82) is 0 Å². The van der Waals surface area contributed by atoms with Crippen molar-refractivity contribution in [2.45, 2.75) is 18.8 Å². The highest BCUT2D eigenvalue weighted by atomic mass is 19.1. The standard InChI is InChI=1S/C16H15FN4O/c17-12-1-2-13-14(9-12)22-20-16(13)11-3-7-21(8-4-11)15-10-18-5-6-19-15/h1-2,5-6,9-11H,3-4,7-8H2. The molecule has 1 fully saturated rings. The zero-order chi connectivity index (χ0) is 14.9. The first kappa shape index (κ1) is 13.2. The van der Waals surface area contributed by atoms with E-state index in [1.165, 1.54) is 12.1 Å². The molecule has 2 aromatic heterocycles. The molecule has 3 heterocycles. The molecule has 0 radical (unpaired) electrons. The molecule has 0 N–H and O–H groups in total. The summed E-state index contributed by atoms with van der Waals surface area (Å²) in [5.74, 6) is 0.945. The molecule has 1 aliphatic heterocycles. The molecule has 3 aromatic rings. The molecule has 0 unspecified atom stereocenters. The highest BCUT2D eigenvalue weighted by molar-refractivity contribution is 5.79. The zero-order valence-corrected chi connectivity index (χ0v) is 11.9. The number of rotatable bonds is 2. The van der Waals surface area contributed by atoms with Crippen LogP contribution in [0.25, 0.3) is 11.0 Å². The van der Waals surface area contributed by atoms with Crippen molar-refractivity contribution in [2.24, 2.45) is 0 Å². The molecule has 0 aliphatic carbocycles. The summed E-state index contributed by atoms with van der Waals surface area (Å²) in [5, 5.41) is 5.09. The largest absolute Gasteiger partial charge is 0.356 e. The van der Waals surface area contributed by atoms with Crippen LogP contribution < -0.4 is 4.90 Å². The molecular weight excluding hydrogens is 283 g/mol. The fourth-order valence-electron chi connectivity index (χ4n) is 3.06. The van der Waals surface area contributed by atoms with Crippen LogP contribution >= 0.6 is 0 Å². The van der Waals surface area contributed by atoms with Gasteiger partial charge in [0.1, 0.15) is 11.6 Å².